The lowest BCUT2D eigenvalue weighted by atomic mass is 10.2. The third kappa shape index (κ3) is 8.37. The van der Waals surface area contributed by atoms with Crippen molar-refractivity contribution in [2.75, 3.05) is 13.1 Å². The second-order valence-corrected chi connectivity index (χ2v) is 4.41. The molecule has 0 fully saturated rings. The van der Waals surface area contributed by atoms with Crippen molar-refractivity contribution >= 4 is 17.9 Å². The molecule has 0 radical (unpaired) electrons. The predicted molar refractivity (Wildman–Crippen MR) is 66.1 cm³/mol. The van der Waals surface area contributed by atoms with E-state index in [0.29, 0.717) is 12.5 Å². The number of carbonyl (C=O) groups excluding carboxylic acids is 2. The van der Waals surface area contributed by atoms with E-state index in [1.165, 1.54) is 6.92 Å². The quantitative estimate of drug-likeness (QED) is 0.513. The highest BCUT2D eigenvalue weighted by molar-refractivity contribution is 5.82. The van der Waals surface area contributed by atoms with Crippen LogP contribution in [0.5, 0.6) is 0 Å². The van der Waals surface area contributed by atoms with Gasteiger partial charge in [-0.2, -0.15) is 0 Å². The van der Waals surface area contributed by atoms with E-state index >= 15 is 0 Å². The Morgan fingerprint density at radius 2 is 1.72 bits per heavy atom. The second kappa shape index (κ2) is 8.32. The fourth-order valence-corrected chi connectivity index (χ4v) is 1.01. The van der Waals surface area contributed by atoms with E-state index in [-0.39, 0.29) is 18.9 Å². The zero-order chi connectivity index (χ0) is 14.1. The summed E-state index contributed by atoms with van der Waals surface area (Å²) < 4.78 is 0. The highest BCUT2D eigenvalue weighted by Crippen LogP contribution is 1.88. The molecule has 7 heteroatoms. The number of urea groups is 1. The third-order valence-electron chi connectivity index (χ3n) is 2.06. The Labute approximate surface area is 106 Å². The minimum atomic E-state index is -1.11. The lowest BCUT2D eigenvalue weighted by Gasteiger charge is -2.11. The fraction of sp³-hybridized carbons (Fsp3) is 0.727. The van der Waals surface area contributed by atoms with E-state index in [9.17, 15) is 14.4 Å². The number of hydrogen-bond acceptors (Lipinski definition) is 3. The topological polar surface area (TPSA) is 108 Å². The number of carboxylic acid groups (broad SMARTS) is 1. The molecule has 7 nitrogen and oxygen atoms in total. The lowest BCUT2D eigenvalue weighted by Crippen LogP contribution is -2.45. The van der Waals surface area contributed by atoms with Crippen LogP contribution >= 0.6 is 0 Å². The summed E-state index contributed by atoms with van der Waals surface area (Å²) in [5.74, 6) is -0.878. The summed E-state index contributed by atoms with van der Waals surface area (Å²) in [5.41, 5.74) is 0. The van der Waals surface area contributed by atoms with Crippen LogP contribution in [0.15, 0.2) is 0 Å². The largest absolute Gasteiger partial charge is 0.480 e. The van der Waals surface area contributed by atoms with Gasteiger partial charge in [-0.1, -0.05) is 13.8 Å². The summed E-state index contributed by atoms with van der Waals surface area (Å²) >= 11 is 0. The van der Waals surface area contributed by atoms with Gasteiger partial charge >= 0.3 is 12.0 Å². The summed E-state index contributed by atoms with van der Waals surface area (Å²) in [6, 6.07) is -1.55. The number of carboxylic acids is 1. The molecule has 0 aromatic heterocycles. The molecule has 18 heavy (non-hydrogen) atoms. The van der Waals surface area contributed by atoms with E-state index in [1.807, 2.05) is 13.8 Å². The Bertz CT molecular complexity index is 305. The minimum absolute atomic E-state index is 0.143. The molecule has 1 unspecified atom stereocenters. The van der Waals surface area contributed by atoms with Crippen molar-refractivity contribution in [2.24, 2.45) is 5.92 Å². The van der Waals surface area contributed by atoms with Crippen LogP contribution in [0.25, 0.3) is 0 Å². The van der Waals surface area contributed by atoms with Crippen molar-refractivity contribution in [3.63, 3.8) is 0 Å². The standard InChI is InChI=1S/C11H21N3O4/c1-7(2)6-13-9(15)4-5-12-11(18)14-8(3)10(16)17/h7-8H,4-6H2,1-3H3,(H,13,15)(H,16,17)(H2,12,14,18). The van der Waals surface area contributed by atoms with Gasteiger partial charge in [0.05, 0.1) is 0 Å². The normalized spacial score (nSPS) is 11.8. The molecule has 0 aromatic carbocycles. The highest BCUT2D eigenvalue weighted by atomic mass is 16.4. The Balaban J connectivity index is 3.68. The fourth-order valence-electron chi connectivity index (χ4n) is 1.01. The molecule has 0 heterocycles. The van der Waals surface area contributed by atoms with Gasteiger partial charge in [0.1, 0.15) is 6.04 Å². The molecule has 0 aromatic rings. The van der Waals surface area contributed by atoms with Gasteiger partial charge in [0, 0.05) is 19.5 Å². The van der Waals surface area contributed by atoms with Crippen molar-refractivity contribution in [3.05, 3.63) is 0 Å². The first kappa shape index (κ1) is 16.2. The van der Waals surface area contributed by atoms with Gasteiger partial charge in [0.25, 0.3) is 0 Å². The van der Waals surface area contributed by atoms with Gasteiger partial charge in [-0.25, -0.2) is 4.79 Å². The monoisotopic (exact) mass is 259 g/mol. The Morgan fingerprint density at radius 1 is 1.11 bits per heavy atom. The van der Waals surface area contributed by atoms with Crippen molar-refractivity contribution in [2.45, 2.75) is 33.2 Å². The Hall–Kier alpha value is -1.79. The number of rotatable bonds is 7. The van der Waals surface area contributed by atoms with Crippen molar-refractivity contribution < 1.29 is 19.5 Å². The average Bonchev–Trinajstić information content (AvgIpc) is 2.26. The lowest BCUT2D eigenvalue weighted by molar-refractivity contribution is -0.138. The number of carbonyl (C=O) groups is 3. The van der Waals surface area contributed by atoms with Gasteiger partial charge < -0.3 is 21.1 Å². The highest BCUT2D eigenvalue weighted by Gasteiger charge is 2.13. The number of aliphatic carboxylic acids is 1. The molecule has 0 aliphatic carbocycles. The van der Waals surface area contributed by atoms with Crippen LogP contribution in [-0.2, 0) is 9.59 Å². The van der Waals surface area contributed by atoms with E-state index in [1.54, 1.807) is 0 Å². The SMILES string of the molecule is CC(C)CNC(=O)CCNC(=O)NC(C)C(=O)O. The summed E-state index contributed by atoms with van der Waals surface area (Å²) in [6.07, 6.45) is 0.168. The van der Waals surface area contributed by atoms with E-state index < -0.39 is 18.0 Å². The minimum Gasteiger partial charge on any atom is -0.480 e. The Morgan fingerprint density at radius 3 is 2.22 bits per heavy atom. The van der Waals surface area contributed by atoms with Gasteiger partial charge in [-0.15, -0.1) is 0 Å². The second-order valence-electron chi connectivity index (χ2n) is 4.41. The smallest absolute Gasteiger partial charge is 0.325 e. The van der Waals surface area contributed by atoms with Crippen LogP contribution in [0.4, 0.5) is 4.79 Å². The average molecular weight is 259 g/mol. The van der Waals surface area contributed by atoms with Crippen molar-refractivity contribution in [1.82, 2.24) is 16.0 Å². The number of hydrogen-bond donors (Lipinski definition) is 4. The van der Waals surface area contributed by atoms with Gasteiger partial charge in [-0.3, -0.25) is 9.59 Å². The molecule has 0 spiro atoms. The van der Waals surface area contributed by atoms with E-state index in [0.717, 1.165) is 0 Å². The maximum Gasteiger partial charge on any atom is 0.325 e. The summed E-state index contributed by atoms with van der Waals surface area (Å²) in [7, 11) is 0. The maximum absolute atomic E-state index is 11.3. The molecule has 0 saturated carbocycles. The van der Waals surface area contributed by atoms with E-state index in [2.05, 4.69) is 16.0 Å². The molecule has 4 N–H and O–H groups in total. The zero-order valence-corrected chi connectivity index (χ0v) is 10.9. The van der Waals surface area contributed by atoms with Crippen LogP contribution in [0, 0.1) is 5.92 Å². The molecule has 0 aliphatic rings. The van der Waals surface area contributed by atoms with Crippen LogP contribution in [-0.4, -0.2) is 42.1 Å². The third-order valence-corrected chi connectivity index (χ3v) is 2.06. The molecule has 3 amide bonds. The predicted octanol–water partition coefficient (Wildman–Crippen LogP) is -0.0790. The van der Waals surface area contributed by atoms with Crippen molar-refractivity contribution in [3.8, 4) is 0 Å². The summed E-state index contributed by atoms with van der Waals surface area (Å²) in [6.45, 7) is 6.10. The van der Waals surface area contributed by atoms with E-state index in [4.69, 9.17) is 5.11 Å². The maximum atomic E-state index is 11.3. The molecular weight excluding hydrogens is 238 g/mol. The molecule has 0 bridgehead atoms. The van der Waals surface area contributed by atoms with Crippen LogP contribution < -0.4 is 16.0 Å². The van der Waals surface area contributed by atoms with Gasteiger partial charge in [0.2, 0.25) is 5.91 Å². The molecule has 0 aliphatic heterocycles. The molecule has 1 atom stereocenters. The molecule has 0 rings (SSSR count). The molecular formula is C11H21N3O4. The Kier molecular flexibility index (Phi) is 7.50. The first-order valence-electron chi connectivity index (χ1n) is 5.86. The first-order valence-corrected chi connectivity index (χ1v) is 5.86. The summed E-state index contributed by atoms with van der Waals surface area (Å²) in [4.78, 5) is 32.9. The van der Waals surface area contributed by atoms with Crippen LogP contribution in [0.1, 0.15) is 27.2 Å². The number of nitrogens with one attached hydrogen (secondary N) is 3. The van der Waals surface area contributed by atoms with Crippen molar-refractivity contribution in [1.29, 1.82) is 0 Å². The number of amides is 3. The molecule has 0 saturated heterocycles. The van der Waals surface area contributed by atoms with Gasteiger partial charge in [-0.05, 0) is 12.8 Å². The van der Waals surface area contributed by atoms with Crippen LogP contribution in [0.3, 0.4) is 0 Å². The zero-order valence-electron chi connectivity index (χ0n) is 10.9. The first-order chi connectivity index (χ1) is 8.32. The van der Waals surface area contributed by atoms with Crippen LogP contribution in [0.2, 0.25) is 0 Å². The van der Waals surface area contributed by atoms with Gasteiger partial charge in [0.15, 0.2) is 0 Å². The molecule has 104 valence electrons. The summed E-state index contributed by atoms with van der Waals surface area (Å²) in [5, 5.41) is 15.9.